The highest BCUT2D eigenvalue weighted by atomic mass is 19.4. The highest BCUT2D eigenvalue weighted by molar-refractivity contribution is 5.74. The lowest BCUT2D eigenvalue weighted by Gasteiger charge is -2.12. The first-order chi connectivity index (χ1) is 14.2. The van der Waals surface area contributed by atoms with E-state index in [1.54, 1.807) is 6.07 Å². The van der Waals surface area contributed by atoms with Gasteiger partial charge >= 0.3 is 6.18 Å². The van der Waals surface area contributed by atoms with Crippen molar-refractivity contribution >= 4 is 11.3 Å². The Balaban J connectivity index is 1.87. The van der Waals surface area contributed by atoms with Crippen LogP contribution in [0.1, 0.15) is 11.4 Å². The van der Waals surface area contributed by atoms with Crippen molar-refractivity contribution in [2.24, 2.45) is 0 Å². The van der Waals surface area contributed by atoms with E-state index in [9.17, 15) is 26.3 Å². The fourth-order valence-electron chi connectivity index (χ4n) is 2.19. The number of rotatable bonds is 5. The third-order valence-electron chi connectivity index (χ3n) is 3.56. The van der Waals surface area contributed by atoms with Gasteiger partial charge in [-0.15, -0.1) is 10.2 Å². The molecule has 3 aromatic rings. The molecule has 13 heteroatoms. The van der Waals surface area contributed by atoms with Crippen LogP contribution in [0, 0.1) is 28.8 Å². The van der Waals surface area contributed by atoms with Crippen LogP contribution >= 0.6 is 0 Å². The molecular formula is C17H8F6N6O. The Labute approximate surface area is 163 Å². The average Bonchev–Trinajstić information content (AvgIpc) is 3.21. The van der Waals surface area contributed by atoms with Crippen LogP contribution in [0.2, 0.25) is 0 Å². The topological polar surface area (TPSA) is 99.5 Å². The molecule has 154 valence electrons. The van der Waals surface area contributed by atoms with E-state index in [1.807, 2.05) is 0 Å². The van der Waals surface area contributed by atoms with Gasteiger partial charge in [-0.25, -0.2) is 13.2 Å². The van der Waals surface area contributed by atoms with Crippen molar-refractivity contribution in [2.45, 2.75) is 6.18 Å². The molecule has 0 aliphatic rings. The minimum Gasteiger partial charge on any atom is -0.451 e. The second kappa shape index (κ2) is 8.11. The van der Waals surface area contributed by atoms with Gasteiger partial charge < -0.3 is 10.1 Å². The van der Waals surface area contributed by atoms with E-state index >= 15 is 0 Å². The largest absolute Gasteiger partial charge is 0.451 e. The van der Waals surface area contributed by atoms with Crippen LogP contribution in [-0.2, 0) is 6.18 Å². The molecule has 7 nitrogen and oxygen atoms in total. The summed E-state index contributed by atoms with van der Waals surface area (Å²) in [5.74, 6) is -5.47. The van der Waals surface area contributed by atoms with Crippen LogP contribution in [0.4, 0.5) is 32.0 Å². The number of aromatic nitrogens is 4. The molecule has 2 aromatic carbocycles. The van der Waals surface area contributed by atoms with Crippen LogP contribution in [0.25, 0.3) is 5.57 Å². The van der Waals surface area contributed by atoms with E-state index in [1.165, 1.54) is 0 Å². The van der Waals surface area contributed by atoms with Gasteiger partial charge in [0.15, 0.2) is 17.4 Å². The van der Waals surface area contributed by atoms with Crippen LogP contribution in [0.3, 0.4) is 0 Å². The van der Waals surface area contributed by atoms with Gasteiger partial charge in [-0.3, -0.25) is 0 Å². The number of tetrazole rings is 1. The number of benzene rings is 2. The van der Waals surface area contributed by atoms with Crippen LogP contribution < -0.4 is 10.1 Å². The summed E-state index contributed by atoms with van der Waals surface area (Å²) in [5, 5.41) is 24.1. The number of anilines is 1. The molecule has 2 N–H and O–H groups in total. The summed E-state index contributed by atoms with van der Waals surface area (Å²) in [5.41, 5.74) is -1.91. The summed E-state index contributed by atoms with van der Waals surface area (Å²) < 4.78 is 84.7. The first-order valence-corrected chi connectivity index (χ1v) is 7.83. The van der Waals surface area contributed by atoms with Crippen molar-refractivity contribution in [2.75, 3.05) is 5.32 Å². The van der Waals surface area contributed by atoms with E-state index in [2.05, 4.69) is 25.9 Å². The van der Waals surface area contributed by atoms with Crippen molar-refractivity contribution in [3.8, 4) is 17.6 Å². The summed E-state index contributed by atoms with van der Waals surface area (Å²) in [6, 6.07) is 4.77. The van der Waals surface area contributed by atoms with Crippen LogP contribution in [0.15, 0.2) is 36.5 Å². The number of nitriles is 1. The highest BCUT2D eigenvalue weighted by Gasteiger charge is 2.33. The Morgan fingerprint density at radius 1 is 1.10 bits per heavy atom. The van der Waals surface area contributed by atoms with Crippen molar-refractivity contribution in [3.63, 3.8) is 0 Å². The second-order valence-corrected chi connectivity index (χ2v) is 5.56. The van der Waals surface area contributed by atoms with Gasteiger partial charge in [0, 0.05) is 12.3 Å². The average molecular weight is 426 g/mol. The molecule has 1 aromatic heterocycles. The maximum absolute atomic E-state index is 14.0. The molecule has 0 saturated carbocycles. The van der Waals surface area contributed by atoms with Crippen molar-refractivity contribution in [1.82, 2.24) is 20.6 Å². The Hall–Kier alpha value is -4.08. The molecule has 0 fully saturated rings. The number of ether oxygens (including phenoxy) is 1. The lowest BCUT2D eigenvalue weighted by Crippen LogP contribution is -2.07. The minimum atomic E-state index is -4.95. The molecule has 0 aliphatic carbocycles. The number of H-pyrrole nitrogens is 1. The standard InChI is InChI=1S/C17H8F6N6O/c18-11-2-1-10(5-14(11)25-7-8(6-24)16-26-28-29-27-16)30-15-12(19)3-9(4-13(15)20)17(21,22)23/h1-5,7,25H,(H,26,27,28,29). The van der Waals surface area contributed by atoms with E-state index in [0.717, 1.165) is 24.4 Å². The minimum absolute atomic E-state index is 0.0771. The van der Waals surface area contributed by atoms with Gasteiger partial charge in [0.2, 0.25) is 5.82 Å². The number of hydrogen-bond acceptors (Lipinski definition) is 6. The quantitative estimate of drug-likeness (QED) is 0.463. The Morgan fingerprint density at radius 2 is 1.80 bits per heavy atom. The lowest BCUT2D eigenvalue weighted by atomic mass is 10.2. The fourth-order valence-corrected chi connectivity index (χ4v) is 2.19. The van der Waals surface area contributed by atoms with Crippen molar-refractivity contribution in [3.05, 3.63) is 65.4 Å². The van der Waals surface area contributed by atoms with Gasteiger partial charge in [-0.05, 0) is 29.5 Å². The predicted molar refractivity (Wildman–Crippen MR) is 89.2 cm³/mol. The number of alkyl halides is 3. The highest BCUT2D eigenvalue weighted by Crippen LogP contribution is 2.36. The lowest BCUT2D eigenvalue weighted by molar-refractivity contribution is -0.138. The Bertz CT molecular complexity index is 1110. The van der Waals surface area contributed by atoms with Gasteiger partial charge in [0.1, 0.15) is 23.2 Å². The molecule has 0 radical (unpaired) electrons. The zero-order valence-corrected chi connectivity index (χ0v) is 14.4. The zero-order valence-electron chi connectivity index (χ0n) is 14.4. The van der Waals surface area contributed by atoms with Gasteiger partial charge in [0.05, 0.1) is 11.3 Å². The normalized spacial score (nSPS) is 11.8. The second-order valence-electron chi connectivity index (χ2n) is 5.56. The monoisotopic (exact) mass is 426 g/mol. The third-order valence-corrected chi connectivity index (χ3v) is 3.56. The number of hydrogen-bond donors (Lipinski definition) is 2. The Kier molecular flexibility index (Phi) is 5.58. The van der Waals surface area contributed by atoms with Gasteiger partial charge in [-0.2, -0.15) is 23.6 Å². The van der Waals surface area contributed by atoms with Gasteiger partial charge in [0.25, 0.3) is 0 Å². The summed E-state index contributed by atoms with van der Waals surface area (Å²) in [7, 11) is 0. The molecule has 0 atom stereocenters. The number of nitrogens with one attached hydrogen (secondary N) is 2. The maximum atomic E-state index is 14.0. The molecule has 1 heterocycles. The molecule has 0 amide bonds. The van der Waals surface area contributed by atoms with E-state index < -0.39 is 34.9 Å². The molecule has 0 bridgehead atoms. The first-order valence-electron chi connectivity index (χ1n) is 7.83. The smallest absolute Gasteiger partial charge is 0.416 e. The predicted octanol–water partition coefficient (Wildman–Crippen LogP) is 4.40. The molecule has 30 heavy (non-hydrogen) atoms. The third kappa shape index (κ3) is 4.49. The number of allylic oxidation sites excluding steroid dienone is 1. The number of halogens is 6. The molecule has 0 unspecified atom stereocenters. The molecule has 3 rings (SSSR count). The number of nitrogens with zero attached hydrogens (tertiary/aromatic N) is 4. The summed E-state index contributed by atoms with van der Waals surface area (Å²) in [6.07, 6.45) is -3.90. The van der Waals surface area contributed by atoms with Crippen molar-refractivity contribution < 1.29 is 31.1 Å². The fraction of sp³-hybridized carbons (Fsp3) is 0.0588. The molecule has 0 aliphatic heterocycles. The van der Waals surface area contributed by atoms with Crippen LogP contribution in [0.5, 0.6) is 11.5 Å². The molecular weight excluding hydrogens is 418 g/mol. The van der Waals surface area contributed by atoms with Gasteiger partial charge in [-0.1, -0.05) is 0 Å². The van der Waals surface area contributed by atoms with Crippen molar-refractivity contribution in [1.29, 1.82) is 5.26 Å². The summed E-state index contributed by atoms with van der Waals surface area (Å²) >= 11 is 0. The summed E-state index contributed by atoms with van der Waals surface area (Å²) in [4.78, 5) is 0. The zero-order chi connectivity index (χ0) is 21.9. The maximum Gasteiger partial charge on any atom is 0.416 e. The van der Waals surface area contributed by atoms with E-state index in [4.69, 9.17) is 10.00 Å². The molecule has 0 spiro atoms. The van der Waals surface area contributed by atoms with E-state index in [0.29, 0.717) is 0 Å². The first kappa shape index (κ1) is 20.6. The molecule has 0 saturated heterocycles. The summed E-state index contributed by atoms with van der Waals surface area (Å²) in [6.45, 7) is 0. The Morgan fingerprint density at radius 3 is 2.37 bits per heavy atom. The number of aromatic amines is 1. The SMILES string of the molecule is N#CC(=CNc1cc(Oc2c(F)cc(C(F)(F)F)cc2F)ccc1F)c1nn[nH]n1. The van der Waals surface area contributed by atoms with E-state index in [-0.39, 0.29) is 35.0 Å². The van der Waals surface area contributed by atoms with Crippen LogP contribution in [-0.4, -0.2) is 20.6 Å².